The first-order valence-corrected chi connectivity index (χ1v) is 5.25. The molecular weight excluding hydrogens is 227 g/mol. The first-order valence-electron chi connectivity index (χ1n) is 5.25. The third kappa shape index (κ3) is 3.13. The molecule has 5 nitrogen and oxygen atoms in total. The summed E-state index contributed by atoms with van der Waals surface area (Å²) in [4.78, 5) is 9.78. The van der Waals surface area contributed by atoms with Gasteiger partial charge in [0.05, 0.1) is 11.0 Å². The predicted octanol–water partition coefficient (Wildman–Crippen LogP) is 2.49. The quantitative estimate of drug-likeness (QED) is 0.627. The standard InChI is InChI=1S/C11H15FN2O3/c1-6(2)3-9(13)8-4-7(12)5-10(11(8)15)14(16)17/h4-6,9,15H,3,13H2,1-2H3/t9-/m1/s1. The normalized spacial score (nSPS) is 12.8. The van der Waals surface area contributed by atoms with Crippen molar-refractivity contribution in [2.24, 2.45) is 11.7 Å². The van der Waals surface area contributed by atoms with Crippen LogP contribution in [0.5, 0.6) is 5.75 Å². The summed E-state index contributed by atoms with van der Waals surface area (Å²) in [7, 11) is 0. The number of phenols is 1. The summed E-state index contributed by atoms with van der Waals surface area (Å²) in [5, 5.41) is 20.3. The fraction of sp³-hybridized carbons (Fsp3) is 0.455. The van der Waals surface area contributed by atoms with Gasteiger partial charge in [-0.1, -0.05) is 13.8 Å². The van der Waals surface area contributed by atoms with Crippen LogP contribution in [0.4, 0.5) is 10.1 Å². The molecule has 17 heavy (non-hydrogen) atoms. The smallest absolute Gasteiger partial charge is 0.313 e. The molecule has 0 saturated heterocycles. The van der Waals surface area contributed by atoms with E-state index in [1.165, 1.54) is 0 Å². The van der Waals surface area contributed by atoms with Gasteiger partial charge >= 0.3 is 5.69 Å². The Kier molecular flexibility index (Phi) is 4.01. The Hall–Kier alpha value is -1.69. The van der Waals surface area contributed by atoms with Gasteiger partial charge in [-0.15, -0.1) is 0 Å². The largest absolute Gasteiger partial charge is 0.502 e. The summed E-state index contributed by atoms with van der Waals surface area (Å²) in [6.45, 7) is 3.84. The van der Waals surface area contributed by atoms with Crippen LogP contribution in [0.2, 0.25) is 0 Å². The molecule has 0 saturated carbocycles. The van der Waals surface area contributed by atoms with Gasteiger partial charge in [0.25, 0.3) is 0 Å². The van der Waals surface area contributed by atoms with Crippen LogP contribution in [-0.2, 0) is 0 Å². The first kappa shape index (κ1) is 13.4. The molecule has 0 aliphatic heterocycles. The Bertz CT molecular complexity index is 435. The van der Waals surface area contributed by atoms with Crippen molar-refractivity contribution in [1.29, 1.82) is 0 Å². The van der Waals surface area contributed by atoms with Crippen LogP contribution in [-0.4, -0.2) is 10.0 Å². The number of phenolic OH excluding ortho intramolecular Hbond substituents is 1. The molecule has 1 aromatic carbocycles. The van der Waals surface area contributed by atoms with E-state index in [1.807, 2.05) is 13.8 Å². The van der Waals surface area contributed by atoms with Crippen LogP contribution in [0.1, 0.15) is 31.9 Å². The second-order valence-corrected chi connectivity index (χ2v) is 4.36. The van der Waals surface area contributed by atoms with Gasteiger partial charge in [0.2, 0.25) is 0 Å². The van der Waals surface area contributed by atoms with Crippen LogP contribution >= 0.6 is 0 Å². The zero-order valence-electron chi connectivity index (χ0n) is 9.68. The molecule has 0 unspecified atom stereocenters. The van der Waals surface area contributed by atoms with Crippen molar-refractivity contribution in [3.63, 3.8) is 0 Å². The number of aromatic hydroxyl groups is 1. The minimum absolute atomic E-state index is 0.0744. The zero-order valence-corrected chi connectivity index (χ0v) is 9.68. The van der Waals surface area contributed by atoms with E-state index in [2.05, 4.69) is 0 Å². The molecule has 0 fully saturated rings. The van der Waals surface area contributed by atoms with E-state index in [0.717, 1.165) is 6.07 Å². The maximum absolute atomic E-state index is 13.2. The number of hydrogen-bond donors (Lipinski definition) is 2. The van der Waals surface area contributed by atoms with Crippen molar-refractivity contribution < 1.29 is 14.4 Å². The average molecular weight is 242 g/mol. The van der Waals surface area contributed by atoms with Gasteiger partial charge in [0, 0.05) is 11.6 Å². The van der Waals surface area contributed by atoms with E-state index in [9.17, 15) is 19.6 Å². The highest BCUT2D eigenvalue weighted by atomic mass is 19.1. The fourth-order valence-corrected chi connectivity index (χ4v) is 1.66. The summed E-state index contributed by atoms with van der Waals surface area (Å²) in [6, 6.07) is 1.10. The van der Waals surface area contributed by atoms with Crippen molar-refractivity contribution in [3.05, 3.63) is 33.6 Å². The second-order valence-electron chi connectivity index (χ2n) is 4.36. The highest BCUT2D eigenvalue weighted by Gasteiger charge is 2.23. The number of nitrogens with two attached hydrogens (primary N) is 1. The van der Waals surface area contributed by atoms with Gasteiger partial charge in [-0.2, -0.15) is 0 Å². The molecule has 3 N–H and O–H groups in total. The SMILES string of the molecule is CC(C)C[C@@H](N)c1cc(F)cc([N+](=O)[O-])c1O. The Morgan fingerprint density at radius 3 is 2.59 bits per heavy atom. The molecule has 1 rings (SSSR count). The number of nitro benzene ring substituents is 1. The molecule has 6 heteroatoms. The lowest BCUT2D eigenvalue weighted by molar-refractivity contribution is -0.386. The highest BCUT2D eigenvalue weighted by Crippen LogP contribution is 2.35. The summed E-state index contributed by atoms with van der Waals surface area (Å²) < 4.78 is 13.2. The lowest BCUT2D eigenvalue weighted by Gasteiger charge is -2.15. The van der Waals surface area contributed by atoms with E-state index in [4.69, 9.17) is 5.73 Å². The molecule has 1 aromatic rings. The molecule has 0 heterocycles. The van der Waals surface area contributed by atoms with Crippen LogP contribution in [0.25, 0.3) is 0 Å². The van der Waals surface area contributed by atoms with Gasteiger partial charge in [0.1, 0.15) is 5.82 Å². The minimum atomic E-state index is -0.829. The summed E-state index contributed by atoms with van der Waals surface area (Å²) in [5.41, 5.74) is 5.21. The topological polar surface area (TPSA) is 89.4 Å². The van der Waals surface area contributed by atoms with Gasteiger partial charge in [-0.05, 0) is 18.4 Å². The average Bonchev–Trinajstić information content (AvgIpc) is 2.19. The van der Waals surface area contributed by atoms with E-state index < -0.39 is 28.2 Å². The van der Waals surface area contributed by atoms with Gasteiger partial charge < -0.3 is 10.8 Å². The number of hydrogen-bond acceptors (Lipinski definition) is 4. The summed E-state index contributed by atoms with van der Waals surface area (Å²) >= 11 is 0. The van der Waals surface area contributed by atoms with Crippen molar-refractivity contribution >= 4 is 5.69 Å². The Morgan fingerprint density at radius 2 is 2.12 bits per heavy atom. The molecule has 0 spiro atoms. The van der Waals surface area contributed by atoms with E-state index in [0.29, 0.717) is 12.5 Å². The summed E-state index contributed by atoms with van der Waals surface area (Å²) in [6.07, 6.45) is 0.508. The lowest BCUT2D eigenvalue weighted by atomic mass is 9.96. The number of rotatable bonds is 4. The van der Waals surface area contributed by atoms with Crippen molar-refractivity contribution in [3.8, 4) is 5.75 Å². The molecule has 0 aromatic heterocycles. The van der Waals surface area contributed by atoms with E-state index in [-0.39, 0.29) is 11.5 Å². The molecule has 1 atom stereocenters. The van der Waals surface area contributed by atoms with Gasteiger partial charge in [-0.3, -0.25) is 10.1 Å². The van der Waals surface area contributed by atoms with E-state index in [1.54, 1.807) is 0 Å². The number of nitrogens with zero attached hydrogens (tertiary/aromatic N) is 1. The molecular formula is C11H15FN2O3. The van der Waals surface area contributed by atoms with Gasteiger partial charge in [-0.25, -0.2) is 4.39 Å². The van der Waals surface area contributed by atoms with Crippen LogP contribution in [0.3, 0.4) is 0 Å². The molecule has 0 radical (unpaired) electrons. The predicted molar refractivity (Wildman–Crippen MR) is 61.1 cm³/mol. The Labute approximate surface area is 98.2 Å². The molecule has 0 aliphatic carbocycles. The van der Waals surface area contributed by atoms with Gasteiger partial charge in [0.15, 0.2) is 5.75 Å². The first-order chi connectivity index (χ1) is 7.82. The van der Waals surface area contributed by atoms with Crippen molar-refractivity contribution in [1.82, 2.24) is 0 Å². The Balaban J connectivity index is 3.19. The highest BCUT2D eigenvalue weighted by molar-refractivity contribution is 5.52. The van der Waals surface area contributed by atoms with E-state index >= 15 is 0 Å². The zero-order chi connectivity index (χ0) is 13.2. The molecule has 0 aliphatic rings. The monoisotopic (exact) mass is 242 g/mol. The lowest BCUT2D eigenvalue weighted by Crippen LogP contribution is -2.14. The number of nitro groups is 1. The summed E-state index contributed by atoms with van der Waals surface area (Å²) in [5.74, 6) is -1.08. The van der Waals surface area contributed by atoms with Crippen LogP contribution in [0, 0.1) is 21.8 Å². The fourth-order valence-electron chi connectivity index (χ4n) is 1.66. The van der Waals surface area contributed by atoms with Crippen molar-refractivity contribution in [2.45, 2.75) is 26.3 Å². The van der Waals surface area contributed by atoms with Crippen molar-refractivity contribution in [2.75, 3.05) is 0 Å². The number of benzene rings is 1. The molecule has 0 amide bonds. The Morgan fingerprint density at radius 1 is 1.53 bits per heavy atom. The van der Waals surface area contributed by atoms with Crippen LogP contribution in [0.15, 0.2) is 12.1 Å². The third-order valence-electron chi connectivity index (χ3n) is 2.41. The van der Waals surface area contributed by atoms with Crippen LogP contribution < -0.4 is 5.73 Å². The third-order valence-corrected chi connectivity index (χ3v) is 2.41. The minimum Gasteiger partial charge on any atom is -0.502 e. The second kappa shape index (κ2) is 5.09. The maximum atomic E-state index is 13.2. The maximum Gasteiger partial charge on any atom is 0.313 e. The number of halogens is 1. The molecule has 94 valence electrons. The molecule has 0 bridgehead atoms.